The first-order chi connectivity index (χ1) is 16.1. The van der Waals surface area contributed by atoms with Gasteiger partial charge in [0.1, 0.15) is 5.60 Å². The number of aliphatic imine (C=N–C) groups is 1. The maximum Gasteiger partial charge on any atom is 0.357 e. The molecule has 3 aromatic carbocycles. The molecule has 34 heavy (non-hydrogen) atoms. The monoisotopic (exact) mass is 457 g/mol. The van der Waals surface area contributed by atoms with Crippen LogP contribution in [0.3, 0.4) is 0 Å². The van der Waals surface area contributed by atoms with E-state index in [0.29, 0.717) is 11.1 Å². The fourth-order valence-electron chi connectivity index (χ4n) is 3.49. The molecule has 0 bridgehead atoms. The molecule has 1 atom stereocenters. The minimum atomic E-state index is -1.48. The number of hydrogen-bond acceptors (Lipinski definition) is 5. The molecule has 0 spiro atoms. The summed E-state index contributed by atoms with van der Waals surface area (Å²) in [5, 5.41) is 0. The lowest BCUT2D eigenvalue weighted by molar-refractivity contribution is -0.147. The molecule has 5 nitrogen and oxygen atoms in total. The van der Waals surface area contributed by atoms with E-state index < -0.39 is 23.1 Å². The molecule has 0 aliphatic rings. The quantitative estimate of drug-likeness (QED) is 0.320. The van der Waals surface area contributed by atoms with Gasteiger partial charge in [-0.2, -0.15) is 0 Å². The van der Waals surface area contributed by atoms with Crippen molar-refractivity contribution >= 4 is 17.7 Å². The first kappa shape index (κ1) is 24.9. The van der Waals surface area contributed by atoms with Gasteiger partial charge in [0.15, 0.2) is 11.3 Å². The average Bonchev–Trinajstić information content (AvgIpc) is 2.79. The molecule has 0 saturated carbocycles. The van der Waals surface area contributed by atoms with Gasteiger partial charge in [0.2, 0.25) is 0 Å². The molecule has 1 unspecified atom stereocenters. The molecule has 0 heterocycles. The number of carbonyl (C=O) groups excluding carboxylic acids is 2. The van der Waals surface area contributed by atoms with E-state index in [2.05, 4.69) is 4.99 Å². The minimum Gasteiger partial charge on any atom is -0.455 e. The van der Waals surface area contributed by atoms with Gasteiger partial charge in [-0.25, -0.2) is 9.59 Å². The Morgan fingerprint density at radius 1 is 0.794 bits per heavy atom. The van der Waals surface area contributed by atoms with Gasteiger partial charge in [0.05, 0.1) is 12.1 Å². The van der Waals surface area contributed by atoms with Crippen molar-refractivity contribution in [2.75, 3.05) is 0 Å². The third-order valence-corrected chi connectivity index (χ3v) is 5.18. The fraction of sp³-hybridized carbons (Fsp3) is 0.276. The van der Waals surface area contributed by atoms with Crippen molar-refractivity contribution in [2.45, 2.75) is 52.4 Å². The number of esters is 2. The van der Waals surface area contributed by atoms with Gasteiger partial charge in [-0.3, -0.25) is 4.99 Å². The Balaban J connectivity index is 2.13. The van der Waals surface area contributed by atoms with E-state index in [1.807, 2.05) is 67.6 Å². The zero-order valence-corrected chi connectivity index (χ0v) is 20.4. The van der Waals surface area contributed by atoms with Crippen LogP contribution in [0.15, 0.2) is 89.9 Å². The fourth-order valence-corrected chi connectivity index (χ4v) is 3.49. The highest BCUT2D eigenvalue weighted by atomic mass is 16.6. The summed E-state index contributed by atoms with van der Waals surface area (Å²) in [6.45, 7) is 9.24. The second-order valence-corrected chi connectivity index (χ2v) is 9.31. The number of nitrogens with zero attached hydrogens (tertiary/aromatic N) is 1. The molecule has 176 valence electrons. The highest BCUT2D eigenvalue weighted by molar-refractivity contribution is 6.40. The lowest BCUT2D eigenvalue weighted by Gasteiger charge is -2.32. The number of rotatable bonds is 7. The Hall–Kier alpha value is -3.73. The minimum absolute atomic E-state index is 0.0289. The summed E-state index contributed by atoms with van der Waals surface area (Å²) in [5.41, 5.74) is 0.705. The van der Waals surface area contributed by atoms with E-state index in [-0.39, 0.29) is 12.3 Å². The molecular weight excluding hydrogens is 426 g/mol. The van der Waals surface area contributed by atoms with Crippen molar-refractivity contribution in [2.24, 2.45) is 4.99 Å². The van der Waals surface area contributed by atoms with Gasteiger partial charge in [-0.15, -0.1) is 0 Å². The number of benzene rings is 3. The van der Waals surface area contributed by atoms with Gasteiger partial charge in [0.25, 0.3) is 0 Å². The van der Waals surface area contributed by atoms with E-state index >= 15 is 0 Å². The van der Waals surface area contributed by atoms with Crippen LogP contribution >= 0.6 is 0 Å². The molecular formula is C29H31NO4. The first-order valence-corrected chi connectivity index (χ1v) is 11.3. The molecule has 0 aromatic heterocycles. The Morgan fingerprint density at radius 2 is 1.41 bits per heavy atom. The standard InChI is InChI=1S/C29H31NO4/c1-21-13-12-18-24(19-21)29(5,34-26(31)23-16-10-7-11-17-23)25(27(32)33-28(2,3)4)30-20-22-14-8-6-9-15-22/h6-19H,20H2,1-5H3. The summed E-state index contributed by atoms with van der Waals surface area (Å²) in [6, 6.07) is 25.8. The Morgan fingerprint density at radius 3 is 2.00 bits per heavy atom. The SMILES string of the molecule is Cc1cccc(C(C)(OC(=O)c2ccccc2)C(=NCc2ccccc2)C(=O)OC(C)(C)C)c1. The third-order valence-electron chi connectivity index (χ3n) is 5.18. The summed E-state index contributed by atoms with van der Waals surface area (Å²) in [5.74, 6) is -1.19. The van der Waals surface area contributed by atoms with Gasteiger partial charge in [-0.05, 0) is 52.3 Å². The molecule has 0 fully saturated rings. The van der Waals surface area contributed by atoms with Gasteiger partial charge in [-0.1, -0.05) is 78.4 Å². The van der Waals surface area contributed by atoms with Crippen molar-refractivity contribution in [3.8, 4) is 0 Å². The van der Waals surface area contributed by atoms with Crippen LogP contribution in [0.25, 0.3) is 0 Å². The summed E-state index contributed by atoms with van der Waals surface area (Å²) in [7, 11) is 0. The molecule has 0 radical (unpaired) electrons. The van der Waals surface area contributed by atoms with Crippen LogP contribution in [-0.4, -0.2) is 23.3 Å². The second kappa shape index (κ2) is 10.5. The van der Waals surface area contributed by atoms with E-state index in [4.69, 9.17) is 9.47 Å². The second-order valence-electron chi connectivity index (χ2n) is 9.31. The summed E-state index contributed by atoms with van der Waals surface area (Å²) < 4.78 is 11.8. The van der Waals surface area contributed by atoms with Crippen molar-refractivity contribution in [3.05, 3.63) is 107 Å². The van der Waals surface area contributed by atoms with E-state index in [1.165, 1.54) is 0 Å². The zero-order valence-electron chi connectivity index (χ0n) is 20.4. The topological polar surface area (TPSA) is 65.0 Å². The zero-order chi connectivity index (χ0) is 24.8. The molecule has 0 amide bonds. The van der Waals surface area contributed by atoms with Crippen molar-refractivity contribution in [3.63, 3.8) is 0 Å². The normalized spacial score (nSPS) is 13.6. The van der Waals surface area contributed by atoms with Crippen molar-refractivity contribution < 1.29 is 19.1 Å². The number of carbonyl (C=O) groups is 2. The van der Waals surface area contributed by atoms with E-state index in [9.17, 15) is 9.59 Å². The molecule has 5 heteroatoms. The van der Waals surface area contributed by atoms with E-state index in [1.54, 1.807) is 52.0 Å². The van der Waals surface area contributed by atoms with Crippen LogP contribution < -0.4 is 0 Å². The highest BCUT2D eigenvalue weighted by Gasteiger charge is 2.43. The number of hydrogen-bond donors (Lipinski definition) is 0. The Kier molecular flexibility index (Phi) is 7.67. The largest absolute Gasteiger partial charge is 0.455 e. The van der Waals surface area contributed by atoms with Crippen LogP contribution in [0.4, 0.5) is 0 Å². The Bertz CT molecular complexity index is 1160. The summed E-state index contributed by atoms with van der Waals surface area (Å²) in [4.78, 5) is 31.3. The van der Waals surface area contributed by atoms with Crippen LogP contribution in [0.2, 0.25) is 0 Å². The van der Waals surface area contributed by atoms with Gasteiger partial charge in [0, 0.05) is 5.56 Å². The Labute approximate surface area is 201 Å². The van der Waals surface area contributed by atoms with Crippen LogP contribution in [0, 0.1) is 6.92 Å². The molecule has 3 aromatic rings. The predicted molar refractivity (Wildman–Crippen MR) is 134 cm³/mol. The van der Waals surface area contributed by atoms with E-state index in [0.717, 1.165) is 11.1 Å². The average molecular weight is 458 g/mol. The van der Waals surface area contributed by atoms with Gasteiger partial charge < -0.3 is 9.47 Å². The molecule has 0 N–H and O–H groups in total. The maximum atomic E-state index is 13.5. The van der Waals surface area contributed by atoms with Crippen molar-refractivity contribution in [1.82, 2.24) is 0 Å². The maximum absolute atomic E-state index is 13.5. The lowest BCUT2D eigenvalue weighted by Crippen LogP contribution is -2.45. The van der Waals surface area contributed by atoms with Crippen molar-refractivity contribution in [1.29, 1.82) is 0 Å². The van der Waals surface area contributed by atoms with Gasteiger partial charge >= 0.3 is 11.9 Å². The number of ether oxygens (including phenoxy) is 2. The third kappa shape index (κ3) is 6.41. The highest BCUT2D eigenvalue weighted by Crippen LogP contribution is 2.31. The number of aryl methyl sites for hydroxylation is 1. The summed E-state index contributed by atoms with van der Waals surface area (Å²) >= 11 is 0. The molecule has 0 aliphatic heterocycles. The summed E-state index contributed by atoms with van der Waals surface area (Å²) in [6.07, 6.45) is 0. The predicted octanol–water partition coefficient (Wildman–Crippen LogP) is 6.05. The smallest absolute Gasteiger partial charge is 0.357 e. The molecule has 3 rings (SSSR count). The molecule has 0 saturated heterocycles. The molecule has 0 aliphatic carbocycles. The lowest BCUT2D eigenvalue weighted by atomic mass is 9.88. The van der Waals surface area contributed by atoms with Crippen LogP contribution in [0.5, 0.6) is 0 Å². The first-order valence-electron chi connectivity index (χ1n) is 11.3. The van der Waals surface area contributed by atoms with Crippen LogP contribution in [0.1, 0.15) is 54.7 Å². The van der Waals surface area contributed by atoms with Crippen LogP contribution in [-0.2, 0) is 26.4 Å².